The molecule has 0 aliphatic rings. The maximum absolute atomic E-state index is 12.8. The number of hydrogen-bond acceptors (Lipinski definition) is 2. The van der Waals surface area contributed by atoms with Crippen molar-refractivity contribution in [1.29, 1.82) is 0 Å². The van der Waals surface area contributed by atoms with E-state index in [4.69, 9.17) is 0 Å². The largest absolute Gasteiger partial charge is 0.417 e. The summed E-state index contributed by atoms with van der Waals surface area (Å²) in [4.78, 5) is 4.11. The summed E-state index contributed by atoms with van der Waals surface area (Å²) in [6.45, 7) is 3.94. The number of rotatable bonds is 3. The molecule has 108 valence electrons. The van der Waals surface area contributed by atoms with Gasteiger partial charge in [0, 0.05) is 28.6 Å². The number of halogens is 4. The van der Waals surface area contributed by atoms with Gasteiger partial charge in [0.25, 0.3) is 0 Å². The van der Waals surface area contributed by atoms with Gasteiger partial charge in [-0.1, -0.05) is 15.9 Å². The molecule has 0 amide bonds. The van der Waals surface area contributed by atoms with Gasteiger partial charge in [0.15, 0.2) is 0 Å². The fraction of sp³-hybridized carbons (Fsp3) is 0.308. The lowest BCUT2D eigenvalue weighted by atomic mass is 10.2. The Balaban J connectivity index is 2.33. The summed E-state index contributed by atoms with van der Waals surface area (Å²) in [6, 6.07) is 4.16. The predicted octanol–water partition coefficient (Wildman–Crippen LogP) is 4.99. The zero-order valence-corrected chi connectivity index (χ0v) is 12.5. The van der Waals surface area contributed by atoms with Crippen LogP contribution >= 0.6 is 15.9 Å². The van der Waals surface area contributed by atoms with Crippen molar-refractivity contribution in [2.45, 2.75) is 26.1 Å². The van der Waals surface area contributed by atoms with E-state index in [1.54, 1.807) is 18.5 Å². The number of hydrogen-bond donors (Lipinski definition) is 1. The molecule has 2 aromatic rings. The van der Waals surface area contributed by atoms with Crippen LogP contribution in [0.25, 0.3) is 0 Å². The highest BCUT2D eigenvalue weighted by atomic mass is 79.9. The Labute approximate surface area is 123 Å². The smallest absolute Gasteiger partial charge is 0.326 e. The average molecular weight is 348 g/mol. The fourth-order valence-corrected chi connectivity index (χ4v) is 2.25. The second-order valence-electron chi connectivity index (χ2n) is 4.57. The van der Waals surface area contributed by atoms with Crippen molar-refractivity contribution >= 4 is 27.6 Å². The van der Waals surface area contributed by atoms with Gasteiger partial charge >= 0.3 is 6.18 Å². The van der Waals surface area contributed by atoms with Crippen LogP contribution in [0.4, 0.5) is 24.8 Å². The van der Waals surface area contributed by atoms with Gasteiger partial charge in [-0.2, -0.15) is 13.2 Å². The quantitative estimate of drug-likeness (QED) is 0.847. The summed E-state index contributed by atoms with van der Waals surface area (Å²) in [5.41, 5.74) is -0.376. The lowest BCUT2D eigenvalue weighted by Crippen LogP contribution is -2.08. The van der Waals surface area contributed by atoms with Crippen LogP contribution < -0.4 is 5.32 Å². The monoisotopic (exact) mass is 347 g/mol. The average Bonchev–Trinajstić information content (AvgIpc) is 2.78. The van der Waals surface area contributed by atoms with E-state index >= 15 is 0 Å². The molecule has 0 aliphatic carbocycles. The van der Waals surface area contributed by atoms with E-state index < -0.39 is 11.7 Å². The summed E-state index contributed by atoms with van der Waals surface area (Å²) in [7, 11) is 0. The van der Waals surface area contributed by atoms with Crippen LogP contribution in [0.2, 0.25) is 0 Å². The molecule has 0 fully saturated rings. The number of alkyl halides is 3. The summed E-state index contributed by atoms with van der Waals surface area (Å²) in [5, 5.41) is 2.90. The molecule has 0 atom stereocenters. The lowest BCUT2D eigenvalue weighted by Gasteiger charge is -2.15. The molecule has 20 heavy (non-hydrogen) atoms. The number of aromatic nitrogens is 2. The standard InChI is InChI=1S/C13H13BrF3N3/c1-8(2)20-6-5-18-12(20)19-9-3-4-11(14)10(7-9)13(15,16)17/h3-8H,1-2H3,(H,18,19). The molecule has 3 nitrogen and oxygen atoms in total. The van der Waals surface area contributed by atoms with Gasteiger partial charge in [0.05, 0.1) is 5.56 Å². The zero-order valence-electron chi connectivity index (χ0n) is 10.9. The van der Waals surface area contributed by atoms with E-state index in [0.717, 1.165) is 6.07 Å². The van der Waals surface area contributed by atoms with Crippen LogP contribution in [0, 0.1) is 0 Å². The van der Waals surface area contributed by atoms with Gasteiger partial charge in [-0.25, -0.2) is 4.98 Å². The fourth-order valence-electron chi connectivity index (χ4n) is 1.78. The van der Waals surface area contributed by atoms with Gasteiger partial charge in [-0.3, -0.25) is 0 Å². The van der Waals surface area contributed by atoms with E-state index in [2.05, 4.69) is 26.2 Å². The third kappa shape index (κ3) is 3.15. The van der Waals surface area contributed by atoms with Gasteiger partial charge in [0.1, 0.15) is 0 Å². The maximum atomic E-state index is 12.8. The van der Waals surface area contributed by atoms with Gasteiger partial charge < -0.3 is 9.88 Å². The van der Waals surface area contributed by atoms with E-state index in [1.807, 2.05) is 18.4 Å². The van der Waals surface area contributed by atoms with Gasteiger partial charge in [-0.15, -0.1) is 0 Å². The second-order valence-corrected chi connectivity index (χ2v) is 5.42. The first-order valence-corrected chi connectivity index (χ1v) is 6.75. The third-order valence-corrected chi connectivity index (χ3v) is 3.44. The van der Waals surface area contributed by atoms with Crippen molar-refractivity contribution in [2.24, 2.45) is 0 Å². The molecular weight excluding hydrogens is 335 g/mol. The molecule has 0 bridgehead atoms. The molecule has 0 saturated carbocycles. The molecule has 0 saturated heterocycles. The first-order chi connectivity index (χ1) is 9.29. The SMILES string of the molecule is CC(C)n1ccnc1Nc1ccc(Br)c(C(F)(F)F)c1. The molecule has 1 heterocycles. The Bertz CT molecular complexity index is 605. The molecule has 0 spiro atoms. The Morgan fingerprint density at radius 2 is 2.00 bits per heavy atom. The van der Waals surface area contributed by atoms with E-state index in [-0.39, 0.29) is 10.5 Å². The molecule has 2 rings (SSSR count). The summed E-state index contributed by atoms with van der Waals surface area (Å²) in [6.07, 6.45) is -1.02. The van der Waals surface area contributed by atoms with Crippen LogP contribution in [0.3, 0.4) is 0 Å². The second kappa shape index (κ2) is 5.47. The predicted molar refractivity (Wildman–Crippen MR) is 75.0 cm³/mol. The summed E-state index contributed by atoms with van der Waals surface area (Å²) >= 11 is 2.91. The number of nitrogens with one attached hydrogen (secondary N) is 1. The number of nitrogens with zero attached hydrogens (tertiary/aromatic N) is 2. The van der Waals surface area contributed by atoms with Gasteiger partial charge in [-0.05, 0) is 32.0 Å². The highest BCUT2D eigenvalue weighted by molar-refractivity contribution is 9.10. The minimum Gasteiger partial charge on any atom is -0.326 e. The molecule has 7 heteroatoms. The maximum Gasteiger partial charge on any atom is 0.417 e. The molecular formula is C13H13BrF3N3. The van der Waals surface area contributed by atoms with E-state index in [1.165, 1.54) is 6.07 Å². The lowest BCUT2D eigenvalue weighted by molar-refractivity contribution is -0.138. The highest BCUT2D eigenvalue weighted by Crippen LogP contribution is 2.36. The van der Waals surface area contributed by atoms with Crippen LogP contribution in [0.15, 0.2) is 35.1 Å². The van der Waals surface area contributed by atoms with Crippen molar-refractivity contribution in [3.8, 4) is 0 Å². The minimum atomic E-state index is -4.40. The number of benzene rings is 1. The van der Waals surface area contributed by atoms with Crippen LogP contribution in [0.1, 0.15) is 25.5 Å². The van der Waals surface area contributed by atoms with Crippen molar-refractivity contribution in [3.63, 3.8) is 0 Å². The number of imidazole rings is 1. The molecule has 1 aromatic carbocycles. The highest BCUT2D eigenvalue weighted by Gasteiger charge is 2.33. The van der Waals surface area contributed by atoms with Crippen molar-refractivity contribution in [3.05, 3.63) is 40.6 Å². The van der Waals surface area contributed by atoms with Crippen LogP contribution in [-0.4, -0.2) is 9.55 Å². The first-order valence-electron chi connectivity index (χ1n) is 5.95. The van der Waals surface area contributed by atoms with Crippen LogP contribution in [0.5, 0.6) is 0 Å². The summed E-state index contributed by atoms with van der Waals surface area (Å²) in [5.74, 6) is 0.510. The molecule has 0 unspecified atom stereocenters. The molecule has 0 aliphatic heterocycles. The van der Waals surface area contributed by atoms with Crippen molar-refractivity contribution < 1.29 is 13.2 Å². The van der Waals surface area contributed by atoms with E-state index in [0.29, 0.717) is 11.6 Å². The molecule has 1 N–H and O–H groups in total. The Kier molecular flexibility index (Phi) is 4.08. The summed E-state index contributed by atoms with van der Waals surface area (Å²) < 4.78 is 40.4. The minimum absolute atomic E-state index is 0.0164. The molecule has 0 radical (unpaired) electrons. The Morgan fingerprint density at radius 1 is 1.30 bits per heavy atom. The normalized spacial score (nSPS) is 11.9. The van der Waals surface area contributed by atoms with Crippen molar-refractivity contribution in [1.82, 2.24) is 9.55 Å². The third-order valence-electron chi connectivity index (χ3n) is 2.75. The zero-order chi connectivity index (χ0) is 14.9. The van der Waals surface area contributed by atoms with Crippen LogP contribution in [-0.2, 0) is 6.18 Å². The van der Waals surface area contributed by atoms with Gasteiger partial charge in [0.2, 0.25) is 5.95 Å². The molecule has 1 aromatic heterocycles. The van der Waals surface area contributed by atoms with Crippen molar-refractivity contribution in [2.75, 3.05) is 5.32 Å². The first kappa shape index (κ1) is 14.9. The Morgan fingerprint density at radius 3 is 2.60 bits per heavy atom. The number of anilines is 2. The Hall–Kier alpha value is -1.50. The van der Waals surface area contributed by atoms with E-state index in [9.17, 15) is 13.2 Å². The topological polar surface area (TPSA) is 29.9 Å².